The van der Waals surface area contributed by atoms with E-state index in [1.165, 1.54) is 0 Å². The Balaban J connectivity index is 1.58. The number of fused-ring (bicyclic) bond motifs is 1. The molecule has 1 aliphatic rings. The number of hydrogen-bond acceptors (Lipinski definition) is 4. The molecule has 2 N–H and O–H groups in total. The average molecular weight is 355 g/mol. The van der Waals surface area contributed by atoms with Crippen LogP contribution in [0.2, 0.25) is 0 Å². The summed E-state index contributed by atoms with van der Waals surface area (Å²) in [5, 5.41) is 12.9. The molecular formula is C20H25N3O3. The van der Waals surface area contributed by atoms with Gasteiger partial charge in [0.2, 0.25) is 6.79 Å². The number of ether oxygens (including phenoxy) is 2. The molecule has 0 aliphatic carbocycles. The van der Waals surface area contributed by atoms with Crippen LogP contribution in [0.5, 0.6) is 11.5 Å². The summed E-state index contributed by atoms with van der Waals surface area (Å²) in [4.78, 5) is 6.41. The van der Waals surface area contributed by atoms with Crippen molar-refractivity contribution in [1.82, 2.24) is 10.2 Å². The minimum atomic E-state index is -0.447. The number of guanidine groups is 1. The van der Waals surface area contributed by atoms with E-state index in [2.05, 4.69) is 15.2 Å². The molecule has 1 aliphatic heterocycles. The highest BCUT2D eigenvalue weighted by Gasteiger charge is 2.14. The molecule has 3 rings (SSSR count). The van der Waals surface area contributed by atoms with Crippen molar-refractivity contribution in [2.45, 2.75) is 26.1 Å². The number of aliphatic hydroxyl groups excluding tert-OH is 1. The molecule has 0 fully saturated rings. The summed E-state index contributed by atoms with van der Waals surface area (Å²) >= 11 is 0. The Morgan fingerprint density at radius 1 is 1.15 bits per heavy atom. The quantitative estimate of drug-likeness (QED) is 0.638. The van der Waals surface area contributed by atoms with E-state index in [-0.39, 0.29) is 6.79 Å². The van der Waals surface area contributed by atoms with Crippen molar-refractivity contribution in [2.24, 2.45) is 4.99 Å². The maximum atomic E-state index is 9.58. The minimum absolute atomic E-state index is 0.283. The molecule has 0 aromatic heterocycles. The molecule has 2 aromatic carbocycles. The van der Waals surface area contributed by atoms with Crippen LogP contribution < -0.4 is 14.8 Å². The number of hydrogen-bond donors (Lipinski definition) is 2. The zero-order chi connectivity index (χ0) is 18.5. The molecule has 6 nitrogen and oxygen atoms in total. The van der Waals surface area contributed by atoms with Gasteiger partial charge < -0.3 is 24.8 Å². The van der Waals surface area contributed by atoms with Crippen LogP contribution in [-0.2, 0) is 13.1 Å². The van der Waals surface area contributed by atoms with E-state index in [4.69, 9.17) is 9.47 Å². The van der Waals surface area contributed by atoms with Crippen molar-refractivity contribution in [3.05, 3.63) is 59.2 Å². The molecule has 1 unspecified atom stereocenters. The van der Waals surface area contributed by atoms with Crippen LogP contribution in [0, 0.1) is 0 Å². The van der Waals surface area contributed by atoms with E-state index in [9.17, 15) is 5.11 Å². The zero-order valence-electron chi connectivity index (χ0n) is 15.4. The molecule has 1 atom stereocenters. The Kier molecular flexibility index (Phi) is 5.63. The normalized spacial score (nSPS) is 14.2. The first-order valence-electron chi connectivity index (χ1n) is 8.64. The third-order valence-corrected chi connectivity index (χ3v) is 4.34. The molecule has 138 valence electrons. The Morgan fingerprint density at radius 3 is 2.54 bits per heavy atom. The molecule has 6 heteroatoms. The fourth-order valence-electron chi connectivity index (χ4n) is 2.87. The summed E-state index contributed by atoms with van der Waals surface area (Å²) in [6.45, 7) is 3.42. The molecule has 0 amide bonds. The summed E-state index contributed by atoms with van der Waals surface area (Å²) in [5.41, 5.74) is 3.17. The van der Waals surface area contributed by atoms with E-state index in [0.717, 1.165) is 34.1 Å². The third kappa shape index (κ3) is 4.26. The second-order valence-electron chi connectivity index (χ2n) is 6.36. The number of nitrogens with zero attached hydrogens (tertiary/aromatic N) is 2. The van der Waals surface area contributed by atoms with Gasteiger partial charge in [0.05, 0.1) is 6.10 Å². The Labute approximate surface area is 154 Å². The van der Waals surface area contributed by atoms with Gasteiger partial charge in [0.25, 0.3) is 0 Å². The van der Waals surface area contributed by atoms with Crippen LogP contribution in [0.25, 0.3) is 0 Å². The fourth-order valence-corrected chi connectivity index (χ4v) is 2.87. The lowest BCUT2D eigenvalue weighted by atomic mass is 10.1. The van der Waals surface area contributed by atoms with E-state index in [1.807, 2.05) is 49.5 Å². The van der Waals surface area contributed by atoms with Crippen molar-refractivity contribution in [1.29, 1.82) is 0 Å². The maximum absolute atomic E-state index is 9.58. The Bertz CT molecular complexity index is 772. The number of aliphatic imine (C=N–C) groups is 1. The van der Waals surface area contributed by atoms with E-state index in [1.54, 1.807) is 14.0 Å². The van der Waals surface area contributed by atoms with Crippen molar-refractivity contribution in [3.63, 3.8) is 0 Å². The average Bonchev–Trinajstić information content (AvgIpc) is 3.10. The van der Waals surface area contributed by atoms with Gasteiger partial charge in [-0.05, 0) is 35.7 Å². The summed E-state index contributed by atoms with van der Waals surface area (Å²) in [5.74, 6) is 2.39. The summed E-state index contributed by atoms with van der Waals surface area (Å²) in [6, 6.07) is 13.9. The molecule has 0 bridgehead atoms. The predicted octanol–water partition coefficient (Wildman–Crippen LogP) is 2.68. The molecule has 26 heavy (non-hydrogen) atoms. The van der Waals surface area contributed by atoms with Gasteiger partial charge in [0, 0.05) is 27.2 Å². The summed E-state index contributed by atoms with van der Waals surface area (Å²) < 4.78 is 10.8. The van der Waals surface area contributed by atoms with Crippen LogP contribution in [0.15, 0.2) is 47.5 Å². The maximum Gasteiger partial charge on any atom is 0.231 e. The first kappa shape index (κ1) is 18.1. The number of benzene rings is 2. The molecule has 0 saturated carbocycles. The van der Waals surface area contributed by atoms with Crippen LogP contribution in [0.3, 0.4) is 0 Å². The highest BCUT2D eigenvalue weighted by molar-refractivity contribution is 5.79. The number of rotatable bonds is 5. The first-order chi connectivity index (χ1) is 12.6. The summed E-state index contributed by atoms with van der Waals surface area (Å²) in [7, 11) is 3.77. The molecule has 0 spiro atoms. The minimum Gasteiger partial charge on any atom is -0.454 e. The van der Waals surface area contributed by atoms with Gasteiger partial charge in [-0.3, -0.25) is 4.99 Å². The highest BCUT2D eigenvalue weighted by Crippen LogP contribution is 2.32. The van der Waals surface area contributed by atoms with Gasteiger partial charge in [0.1, 0.15) is 0 Å². The lowest BCUT2D eigenvalue weighted by Gasteiger charge is -2.22. The van der Waals surface area contributed by atoms with Crippen LogP contribution in [0.4, 0.5) is 0 Å². The van der Waals surface area contributed by atoms with Crippen LogP contribution >= 0.6 is 0 Å². The lowest BCUT2D eigenvalue weighted by molar-refractivity contribution is 0.174. The van der Waals surface area contributed by atoms with Crippen molar-refractivity contribution in [3.8, 4) is 11.5 Å². The Hall–Kier alpha value is -2.73. The molecular weight excluding hydrogens is 330 g/mol. The molecule has 0 radical (unpaired) electrons. The first-order valence-corrected chi connectivity index (χ1v) is 8.64. The SMILES string of the molecule is CN=C(NCc1ccc(C(C)O)cc1)N(C)Cc1ccc2c(c1)OCO2. The third-order valence-electron chi connectivity index (χ3n) is 4.34. The second kappa shape index (κ2) is 8.10. The lowest BCUT2D eigenvalue weighted by Crippen LogP contribution is -2.38. The van der Waals surface area contributed by atoms with Gasteiger partial charge in [-0.25, -0.2) is 0 Å². The smallest absolute Gasteiger partial charge is 0.231 e. The van der Waals surface area contributed by atoms with Gasteiger partial charge in [-0.1, -0.05) is 30.3 Å². The predicted molar refractivity (Wildman–Crippen MR) is 101 cm³/mol. The number of nitrogens with one attached hydrogen (secondary N) is 1. The molecule has 1 heterocycles. The van der Waals surface area contributed by atoms with E-state index >= 15 is 0 Å². The van der Waals surface area contributed by atoms with Gasteiger partial charge in [-0.2, -0.15) is 0 Å². The van der Waals surface area contributed by atoms with Gasteiger partial charge >= 0.3 is 0 Å². The largest absolute Gasteiger partial charge is 0.454 e. The fraction of sp³-hybridized carbons (Fsp3) is 0.350. The van der Waals surface area contributed by atoms with E-state index in [0.29, 0.717) is 13.1 Å². The van der Waals surface area contributed by atoms with Crippen molar-refractivity contribution in [2.75, 3.05) is 20.9 Å². The number of aliphatic hydroxyl groups is 1. The zero-order valence-corrected chi connectivity index (χ0v) is 15.4. The topological polar surface area (TPSA) is 66.3 Å². The van der Waals surface area contributed by atoms with Gasteiger partial charge in [0.15, 0.2) is 17.5 Å². The van der Waals surface area contributed by atoms with Crippen LogP contribution in [-0.4, -0.2) is 36.9 Å². The highest BCUT2D eigenvalue weighted by atomic mass is 16.7. The molecule has 2 aromatic rings. The van der Waals surface area contributed by atoms with Gasteiger partial charge in [-0.15, -0.1) is 0 Å². The van der Waals surface area contributed by atoms with Crippen molar-refractivity contribution >= 4 is 5.96 Å². The van der Waals surface area contributed by atoms with E-state index < -0.39 is 6.10 Å². The summed E-state index contributed by atoms with van der Waals surface area (Å²) in [6.07, 6.45) is -0.447. The van der Waals surface area contributed by atoms with Crippen molar-refractivity contribution < 1.29 is 14.6 Å². The Morgan fingerprint density at radius 2 is 1.85 bits per heavy atom. The standard InChI is InChI=1S/C20H25N3O3/c1-14(24)17-7-4-15(5-8-17)11-22-20(21-2)23(3)12-16-6-9-18-19(10-16)26-13-25-18/h4-10,14,24H,11-13H2,1-3H3,(H,21,22). The monoisotopic (exact) mass is 355 g/mol. The molecule has 0 saturated heterocycles. The second-order valence-corrected chi connectivity index (χ2v) is 6.36. The van der Waals surface area contributed by atoms with Crippen LogP contribution in [0.1, 0.15) is 29.7 Å².